The smallest absolute Gasteiger partial charge is 0.255 e. The molecule has 0 unspecified atom stereocenters. The van der Waals surface area contributed by atoms with E-state index in [9.17, 15) is 9.59 Å². The van der Waals surface area contributed by atoms with Crippen LogP contribution < -0.4 is 10.6 Å². The zero-order valence-electron chi connectivity index (χ0n) is 13.5. The standard InChI is InChI=1S/C20H14Cl2N2O2/c21-15-10-11-18(17(22)12-15)24-20(26)14-8-6-13(7-9-14)19(25)23-16-4-2-1-3-5-16/h1-12H,(H,23,25)(H,24,26). The molecule has 0 aliphatic rings. The van der Waals surface area contributed by atoms with Crippen molar-refractivity contribution < 1.29 is 9.59 Å². The summed E-state index contributed by atoms with van der Waals surface area (Å²) in [6.45, 7) is 0. The van der Waals surface area contributed by atoms with Gasteiger partial charge in [0, 0.05) is 21.8 Å². The molecular weight excluding hydrogens is 371 g/mol. The number of hydrogen-bond acceptors (Lipinski definition) is 2. The van der Waals surface area contributed by atoms with Crippen molar-refractivity contribution in [1.29, 1.82) is 0 Å². The normalized spacial score (nSPS) is 10.2. The van der Waals surface area contributed by atoms with Crippen molar-refractivity contribution in [2.45, 2.75) is 0 Å². The molecule has 6 heteroatoms. The fourth-order valence-electron chi connectivity index (χ4n) is 2.28. The predicted molar refractivity (Wildman–Crippen MR) is 105 cm³/mol. The van der Waals surface area contributed by atoms with Crippen LogP contribution in [0.25, 0.3) is 0 Å². The van der Waals surface area contributed by atoms with Crippen molar-refractivity contribution >= 4 is 46.4 Å². The summed E-state index contributed by atoms with van der Waals surface area (Å²) in [5, 5.41) is 6.34. The molecule has 0 spiro atoms. The first kappa shape index (κ1) is 18.0. The number of carbonyl (C=O) groups excluding carboxylic acids is 2. The van der Waals surface area contributed by atoms with Gasteiger partial charge in [-0.15, -0.1) is 0 Å². The van der Waals surface area contributed by atoms with Crippen molar-refractivity contribution in [1.82, 2.24) is 0 Å². The minimum absolute atomic E-state index is 0.246. The lowest BCUT2D eigenvalue weighted by atomic mass is 10.1. The first-order valence-electron chi connectivity index (χ1n) is 7.76. The molecule has 0 saturated carbocycles. The van der Waals surface area contributed by atoms with Gasteiger partial charge in [-0.25, -0.2) is 0 Å². The molecule has 0 heterocycles. The summed E-state index contributed by atoms with van der Waals surface area (Å²) in [4.78, 5) is 24.5. The Bertz CT molecular complexity index is 942. The zero-order chi connectivity index (χ0) is 18.5. The van der Waals surface area contributed by atoms with Gasteiger partial charge in [0.15, 0.2) is 0 Å². The first-order valence-corrected chi connectivity index (χ1v) is 8.51. The summed E-state index contributed by atoms with van der Waals surface area (Å²) in [5.74, 6) is -0.576. The Morgan fingerprint density at radius 3 is 1.85 bits per heavy atom. The second-order valence-corrected chi connectivity index (χ2v) is 6.32. The van der Waals surface area contributed by atoms with Crippen LogP contribution in [0.15, 0.2) is 72.8 Å². The van der Waals surface area contributed by atoms with Crippen LogP contribution in [0.5, 0.6) is 0 Å². The third kappa shape index (κ3) is 4.42. The van der Waals surface area contributed by atoms with E-state index in [1.165, 1.54) is 0 Å². The quantitative estimate of drug-likeness (QED) is 0.623. The van der Waals surface area contributed by atoms with Crippen LogP contribution in [0.1, 0.15) is 20.7 Å². The highest BCUT2D eigenvalue weighted by molar-refractivity contribution is 6.36. The highest BCUT2D eigenvalue weighted by Gasteiger charge is 2.11. The van der Waals surface area contributed by atoms with Crippen molar-refractivity contribution in [3.8, 4) is 0 Å². The van der Waals surface area contributed by atoms with Gasteiger partial charge in [-0.1, -0.05) is 41.4 Å². The van der Waals surface area contributed by atoms with E-state index in [0.717, 1.165) is 0 Å². The zero-order valence-corrected chi connectivity index (χ0v) is 15.0. The van der Waals surface area contributed by atoms with E-state index in [1.807, 2.05) is 18.2 Å². The Labute approximate surface area is 160 Å². The van der Waals surface area contributed by atoms with Crippen LogP contribution in [0.2, 0.25) is 10.0 Å². The average Bonchev–Trinajstić information content (AvgIpc) is 2.65. The third-order valence-corrected chi connectivity index (χ3v) is 4.17. The highest BCUT2D eigenvalue weighted by Crippen LogP contribution is 2.25. The maximum absolute atomic E-state index is 12.3. The lowest BCUT2D eigenvalue weighted by Gasteiger charge is -2.09. The molecule has 0 radical (unpaired) electrons. The van der Waals surface area contributed by atoms with Gasteiger partial charge in [-0.05, 0) is 54.6 Å². The van der Waals surface area contributed by atoms with E-state index < -0.39 is 0 Å². The second kappa shape index (κ2) is 8.04. The summed E-state index contributed by atoms with van der Waals surface area (Å²) < 4.78 is 0. The molecule has 2 N–H and O–H groups in total. The van der Waals surface area contributed by atoms with E-state index in [4.69, 9.17) is 23.2 Å². The maximum atomic E-state index is 12.3. The third-order valence-electron chi connectivity index (χ3n) is 3.62. The van der Waals surface area contributed by atoms with E-state index in [2.05, 4.69) is 10.6 Å². The van der Waals surface area contributed by atoms with Crippen LogP contribution in [-0.2, 0) is 0 Å². The number of para-hydroxylation sites is 1. The van der Waals surface area contributed by atoms with E-state index in [0.29, 0.717) is 32.5 Å². The SMILES string of the molecule is O=C(Nc1ccccc1)c1ccc(C(=O)Nc2ccc(Cl)cc2Cl)cc1. The van der Waals surface area contributed by atoms with E-state index >= 15 is 0 Å². The summed E-state index contributed by atoms with van der Waals surface area (Å²) >= 11 is 11.9. The number of hydrogen-bond donors (Lipinski definition) is 2. The van der Waals surface area contributed by atoms with E-state index in [-0.39, 0.29) is 11.8 Å². The van der Waals surface area contributed by atoms with Crippen molar-refractivity contribution in [3.63, 3.8) is 0 Å². The Morgan fingerprint density at radius 2 is 1.27 bits per heavy atom. The fourth-order valence-corrected chi connectivity index (χ4v) is 2.74. The molecule has 0 fully saturated rings. The number of amides is 2. The molecule has 0 aliphatic heterocycles. The van der Waals surface area contributed by atoms with Crippen LogP contribution in [0.4, 0.5) is 11.4 Å². The number of benzene rings is 3. The van der Waals surface area contributed by atoms with Gasteiger partial charge in [-0.3, -0.25) is 9.59 Å². The molecule has 3 rings (SSSR count). The largest absolute Gasteiger partial charge is 0.322 e. The number of carbonyl (C=O) groups is 2. The Kier molecular flexibility index (Phi) is 5.56. The van der Waals surface area contributed by atoms with Crippen LogP contribution >= 0.6 is 23.2 Å². The molecule has 26 heavy (non-hydrogen) atoms. The summed E-state index contributed by atoms with van der Waals surface area (Å²) in [7, 11) is 0. The number of anilines is 2. The molecule has 0 bridgehead atoms. The van der Waals surface area contributed by atoms with Crippen LogP contribution in [-0.4, -0.2) is 11.8 Å². The second-order valence-electron chi connectivity index (χ2n) is 5.48. The lowest BCUT2D eigenvalue weighted by molar-refractivity contribution is 0.101. The van der Waals surface area contributed by atoms with Gasteiger partial charge < -0.3 is 10.6 Å². The molecule has 0 saturated heterocycles. The van der Waals surface area contributed by atoms with Crippen molar-refractivity contribution in [2.75, 3.05) is 10.6 Å². The summed E-state index contributed by atoms with van der Waals surface area (Å²) in [5.41, 5.74) is 2.03. The van der Waals surface area contributed by atoms with Gasteiger partial charge in [0.1, 0.15) is 0 Å². The summed E-state index contributed by atoms with van der Waals surface area (Å²) in [6.07, 6.45) is 0. The van der Waals surface area contributed by atoms with E-state index in [1.54, 1.807) is 54.6 Å². The minimum atomic E-state index is -0.329. The maximum Gasteiger partial charge on any atom is 0.255 e. The fraction of sp³-hybridized carbons (Fsp3) is 0. The Hall–Kier alpha value is -2.82. The van der Waals surface area contributed by atoms with Gasteiger partial charge >= 0.3 is 0 Å². The summed E-state index contributed by atoms with van der Waals surface area (Å²) in [6, 6.07) is 20.3. The van der Waals surface area contributed by atoms with Crippen LogP contribution in [0.3, 0.4) is 0 Å². The molecule has 2 amide bonds. The predicted octanol–water partition coefficient (Wildman–Crippen LogP) is 5.50. The number of rotatable bonds is 4. The van der Waals surface area contributed by atoms with Gasteiger partial charge in [0.05, 0.1) is 10.7 Å². The lowest BCUT2D eigenvalue weighted by Crippen LogP contribution is -2.14. The van der Waals surface area contributed by atoms with Crippen LogP contribution in [0, 0.1) is 0 Å². The minimum Gasteiger partial charge on any atom is -0.322 e. The van der Waals surface area contributed by atoms with Gasteiger partial charge in [0.25, 0.3) is 11.8 Å². The molecule has 4 nitrogen and oxygen atoms in total. The molecule has 0 atom stereocenters. The molecule has 0 aliphatic carbocycles. The molecule has 0 aromatic heterocycles. The van der Waals surface area contributed by atoms with Gasteiger partial charge in [0.2, 0.25) is 0 Å². The monoisotopic (exact) mass is 384 g/mol. The van der Waals surface area contributed by atoms with Gasteiger partial charge in [-0.2, -0.15) is 0 Å². The molecule has 3 aromatic carbocycles. The van der Waals surface area contributed by atoms with Crippen molar-refractivity contribution in [3.05, 3.63) is 94.0 Å². The number of halogens is 2. The number of nitrogens with one attached hydrogen (secondary N) is 2. The molecule has 130 valence electrons. The highest BCUT2D eigenvalue weighted by atomic mass is 35.5. The molecular formula is C20H14Cl2N2O2. The topological polar surface area (TPSA) is 58.2 Å². The first-order chi connectivity index (χ1) is 12.5. The average molecular weight is 385 g/mol. The van der Waals surface area contributed by atoms with Crippen molar-refractivity contribution in [2.24, 2.45) is 0 Å². The molecule has 3 aromatic rings. The Morgan fingerprint density at radius 1 is 0.692 bits per heavy atom. The Balaban J connectivity index is 1.68.